The monoisotopic (exact) mass is 310 g/mol. The van der Waals surface area contributed by atoms with Gasteiger partial charge in [-0.15, -0.1) is 0 Å². The zero-order chi connectivity index (χ0) is 16.0. The average molecular weight is 311 g/mol. The van der Waals surface area contributed by atoms with Gasteiger partial charge in [-0.3, -0.25) is 9.59 Å². The number of halogens is 1. The Morgan fingerprint density at radius 2 is 2.00 bits per heavy atom. The smallest absolute Gasteiger partial charge is 0.223 e. The number of nitrogens with zero attached hydrogens (tertiary/aromatic N) is 1. The second-order valence-electron chi connectivity index (χ2n) is 5.50. The SMILES string of the molecule is CC(=O)N(CCC(=O)NCC(C)C)c1cccc(Cl)c1C. The van der Waals surface area contributed by atoms with Crippen molar-refractivity contribution < 1.29 is 9.59 Å². The Bertz CT molecular complexity index is 515. The fourth-order valence-electron chi connectivity index (χ4n) is 1.96. The van der Waals surface area contributed by atoms with Crippen LogP contribution in [0.2, 0.25) is 5.02 Å². The summed E-state index contributed by atoms with van der Waals surface area (Å²) in [7, 11) is 0. The average Bonchev–Trinajstić information content (AvgIpc) is 2.40. The van der Waals surface area contributed by atoms with Crippen LogP contribution in [0.25, 0.3) is 0 Å². The molecule has 1 N–H and O–H groups in total. The lowest BCUT2D eigenvalue weighted by Gasteiger charge is -2.23. The molecule has 1 rings (SSSR count). The molecule has 5 heteroatoms. The maximum atomic E-state index is 11.8. The molecule has 0 saturated carbocycles. The molecule has 4 nitrogen and oxygen atoms in total. The van der Waals surface area contributed by atoms with Crippen molar-refractivity contribution in [1.29, 1.82) is 0 Å². The summed E-state index contributed by atoms with van der Waals surface area (Å²) in [5, 5.41) is 3.46. The molecule has 0 unspecified atom stereocenters. The second-order valence-corrected chi connectivity index (χ2v) is 5.91. The first-order valence-electron chi connectivity index (χ1n) is 7.12. The minimum Gasteiger partial charge on any atom is -0.356 e. The van der Waals surface area contributed by atoms with Gasteiger partial charge in [-0.2, -0.15) is 0 Å². The van der Waals surface area contributed by atoms with E-state index >= 15 is 0 Å². The number of carbonyl (C=O) groups is 2. The maximum absolute atomic E-state index is 11.8. The van der Waals surface area contributed by atoms with Gasteiger partial charge in [0.25, 0.3) is 0 Å². The van der Waals surface area contributed by atoms with Gasteiger partial charge in [0, 0.05) is 37.1 Å². The number of benzene rings is 1. The summed E-state index contributed by atoms with van der Waals surface area (Å²) < 4.78 is 0. The molecule has 0 bridgehead atoms. The van der Waals surface area contributed by atoms with Gasteiger partial charge in [-0.05, 0) is 30.5 Å². The van der Waals surface area contributed by atoms with E-state index in [1.807, 2.05) is 26.8 Å². The largest absolute Gasteiger partial charge is 0.356 e. The van der Waals surface area contributed by atoms with Crippen LogP contribution in [0.5, 0.6) is 0 Å². The molecule has 0 aliphatic carbocycles. The molecular weight excluding hydrogens is 288 g/mol. The van der Waals surface area contributed by atoms with Gasteiger partial charge < -0.3 is 10.2 Å². The molecule has 0 atom stereocenters. The van der Waals surface area contributed by atoms with Crippen molar-refractivity contribution in [2.24, 2.45) is 5.92 Å². The van der Waals surface area contributed by atoms with E-state index in [1.54, 1.807) is 17.0 Å². The van der Waals surface area contributed by atoms with Crippen molar-refractivity contribution in [3.05, 3.63) is 28.8 Å². The van der Waals surface area contributed by atoms with Crippen molar-refractivity contribution in [3.63, 3.8) is 0 Å². The lowest BCUT2D eigenvalue weighted by molar-refractivity contribution is -0.121. The molecule has 0 saturated heterocycles. The molecule has 1 aromatic carbocycles. The van der Waals surface area contributed by atoms with Gasteiger partial charge in [0.2, 0.25) is 11.8 Å². The zero-order valence-electron chi connectivity index (χ0n) is 13.1. The fourth-order valence-corrected chi connectivity index (χ4v) is 2.13. The minimum absolute atomic E-state index is 0.0466. The summed E-state index contributed by atoms with van der Waals surface area (Å²) in [4.78, 5) is 25.2. The first kappa shape index (κ1) is 17.5. The van der Waals surface area contributed by atoms with Crippen LogP contribution in [-0.4, -0.2) is 24.9 Å². The van der Waals surface area contributed by atoms with E-state index in [-0.39, 0.29) is 18.2 Å². The maximum Gasteiger partial charge on any atom is 0.223 e. The topological polar surface area (TPSA) is 49.4 Å². The minimum atomic E-state index is -0.1000. The standard InChI is InChI=1S/C16H23ClN2O2/c1-11(2)10-18-16(21)8-9-19(13(4)20)15-7-5-6-14(17)12(15)3/h5-7,11H,8-10H2,1-4H3,(H,18,21). The Hall–Kier alpha value is -1.55. The molecule has 21 heavy (non-hydrogen) atoms. The Labute approximate surface area is 131 Å². The Morgan fingerprint density at radius 1 is 1.33 bits per heavy atom. The third-order valence-electron chi connectivity index (χ3n) is 3.18. The van der Waals surface area contributed by atoms with Crippen LogP contribution in [-0.2, 0) is 9.59 Å². The highest BCUT2D eigenvalue weighted by Crippen LogP contribution is 2.26. The van der Waals surface area contributed by atoms with Crippen molar-refractivity contribution in [1.82, 2.24) is 5.32 Å². The predicted octanol–water partition coefficient (Wildman–Crippen LogP) is 3.16. The number of hydrogen-bond donors (Lipinski definition) is 1. The van der Waals surface area contributed by atoms with E-state index in [2.05, 4.69) is 5.32 Å². The summed E-state index contributed by atoms with van der Waals surface area (Å²) in [6.07, 6.45) is 0.276. The number of anilines is 1. The fraction of sp³-hybridized carbons (Fsp3) is 0.500. The Balaban J connectivity index is 2.73. The summed E-state index contributed by atoms with van der Waals surface area (Å²) >= 11 is 6.09. The molecule has 0 aromatic heterocycles. The van der Waals surface area contributed by atoms with E-state index in [1.165, 1.54) is 6.92 Å². The molecule has 0 fully saturated rings. The summed E-state index contributed by atoms with van der Waals surface area (Å²) in [6.45, 7) is 8.43. The van der Waals surface area contributed by atoms with Gasteiger partial charge in [0.1, 0.15) is 0 Å². The number of nitrogens with one attached hydrogen (secondary N) is 1. The van der Waals surface area contributed by atoms with Gasteiger partial charge in [0.05, 0.1) is 0 Å². The molecule has 0 aliphatic heterocycles. The number of carbonyl (C=O) groups excluding carboxylic acids is 2. The molecule has 0 heterocycles. The van der Waals surface area contributed by atoms with Gasteiger partial charge >= 0.3 is 0 Å². The quantitative estimate of drug-likeness (QED) is 0.877. The zero-order valence-corrected chi connectivity index (χ0v) is 13.8. The third-order valence-corrected chi connectivity index (χ3v) is 3.59. The van der Waals surface area contributed by atoms with Crippen LogP contribution in [0.1, 0.15) is 32.8 Å². The summed E-state index contributed by atoms with van der Waals surface area (Å²) in [6, 6.07) is 5.43. The van der Waals surface area contributed by atoms with Crippen molar-refractivity contribution in [2.45, 2.75) is 34.1 Å². The van der Waals surface area contributed by atoms with Crippen molar-refractivity contribution in [3.8, 4) is 0 Å². The highest BCUT2D eigenvalue weighted by Gasteiger charge is 2.16. The molecule has 1 aromatic rings. The lowest BCUT2D eigenvalue weighted by atomic mass is 10.1. The van der Waals surface area contributed by atoms with E-state index in [0.717, 1.165) is 11.3 Å². The van der Waals surface area contributed by atoms with E-state index in [9.17, 15) is 9.59 Å². The van der Waals surface area contributed by atoms with Crippen LogP contribution < -0.4 is 10.2 Å². The predicted molar refractivity (Wildman–Crippen MR) is 86.7 cm³/mol. The molecule has 0 spiro atoms. The van der Waals surface area contributed by atoms with E-state index in [4.69, 9.17) is 11.6 Å². The first-order valence-corrected chi connectivity index (χ1v) is 7.50. The van der Waals surface area contributed by atoms with Crippen LogP contribution in [0.4, 0.5) is 5.69 Å². The van der Waals surface area contributed by atoms with Crippen LogP contribution in [0.15, 0.2) is 18.2 Å². The third kappa shape index (κ3) is 5.38. The number of hydrogen-bond acceptors (Lipinski definition) is 2. The van der Waals surface area contributed by atoms with Crippen LogP contribution >= 0.6 is 11.6 Å². The first-order chi connectivity index (χ1) is 9.82. The van der Waals surface area contributed by atoms with Crippen LogP contribution in [0.3, 0.4) is 0 Å². The molecule has 2 amide bonds. The van der Waals surface area contributed by atoms with Crippen molar-refractivity contribution in [2.75, 3.05) is 18.0 Å². The summed E-state index contributed by atoms with van der Waals surface area (Å²) in [5.41, 5.74) is 1.60. The highest BCUT2D eigenvalue weighted by atomic mass is 35.5. The molecule has 0 aliphatic rings. The van der Waals surface area contributed by atoms with Gasteiger partial charge in [-0.1, -0.05) is 31.5 Å². The second kappa shape index (κ2) is 8.03. The highest BCUT2D eigenvalue weighted by molar-refractivity contribution is 6.31. The number of amides is 2. The normalized spacial score (nSPS) is 10.6. The lowest BCUT2D eigenvalue weighted by Crippen LogP contribution is -2.35. The Morgan fingerprint density at radius 3 is 2.57 bits per heavy atom. The molecule has 116 valence electrons. The molecule has 0 radical (unpaired) electrons. The van der Waals surface area contributed by atoms with Crippen LogP contribution in [0, 0.1) is 12.8 Å². The number of rotatable bonds is 6. The van der Waals surface area contributed by atoms with Crippen molar-refractivity contribution >= 4 is 29.1 Å². The Kier molecular flexibility index (Phi) is 6.69. The van der Waals surface area contributed by atoms with E-state index in [0.29, 0.717) is 24.0 Å². The van der Waals surface area contributed by atoms with Gasteiger partial charge in [-0.25, -0.2) is 0 Å². The van der Waals surface area contributed by atoms with E-state index < -0.39 is 0 Å². The molecular formula is C16H23ClN2O2. The van der Waals surface area contributed by atoms with Gasteiger partial charge in [0.15, 0.2) is 0 Å². The summed E-state index contributed by atoms with van der Waals surface area (Å²) in [5.74, 6) is 0.264.